The Labute approximate surface area is 156 Å². The van der Waals surface area contributed by atoms with Crippen molar-refractivity contribution in [2.24, 2.45) is 0 Å². The molecule has 3 aromatic heterocycles. The Morgan fingerprint density at radius 3 is 2.73 bits per heavy atom. The second-order valence-electron chi connectivity index (χ2n) is 8.10. The van der Waals surface area contributed by atoms with Crippen LogP contribution in [0.5, 0.6) is 0 Å². The fourth-order valence-corrected chi connectivity index (χ4v) is 4.02. The third-order valence-electron chi connectivity index (χ3n) is 4.67. The van der Waals surface area contributed by atoms with Gasteiger partial charge < -0.3 is 14.3 Å². The molecule has 0 radical (unpaired) electrons. The number of hydrogen-bond acceptors (Lipinski definition) is 8. The van der Waals surface area contributed by atoms with Crippen molar-refractivity contribution in [3.05, 3.63) is 17.8 Å². The Balaban J connectivity index is 1.53. The van der Waals surface area contributed by atoms with Crippen LogP contribution in [0.4, 0.5) is 11.1 Å². The van der Waals surface area contributed by atoms with Crippen molar-refractivity contribution in [2.75, 3.05) is 37.0 Å². The van der Waals surface area contributed by atoms with Crippen LogP contribution in [0.2, 0.25) is 0 Å². The van der Waals surface area contributed by atoms with E-state index < -0.39 is 0 Å². The highest BCUT2D eigenvalue weighted by Gasteiger charge is 2.28. The fraction of sp³-hybridized carbons (Fsp3) is 0.647. The second kappa shape index (κ2) is 6.22. The van der Waals surface area contributed by atoms with Crippen molar-refractivity contribution in [3.63, 3.8) is 0 Å². The maximum Gasteiger partial charge on any atom is 0.265 e. The van der Waals surface area contributed by atoms with Gasteiger partial charge in [0.15, 0.2) is 0 Å². The lowest BCUT2D eigenvalue weighted by Gasteiger charge is -2.30. The average molecular weight is 376 g/mol. The summed E-state index contributed by atoms with van der Waals surface area (Å²) in [6.07, 6.45) is 4.18. The van der Waals surface area contributed by atoms with E-state index in [0.717, 1.165) is 47.6 Å². The van der Waals surface area contributed by atoms with Gasteiger partial charge in [-0.1, -0.05) is 32.1 Å². The summed E-state index contributed by atoms with van der Waals surface area (Å²) >= 11 is 1.64. The first-order valence-electron chi connectivity index (χ1n) is 8.94. The van der Waals surface area contributed by atoms with E-state index in [9.17, 15) is 0 Å². The van der Waals surface area contributed by atoms with Crippen LogP contribution in [-0.2, 0) is 5.41 Å². The molecule has 0 bridgehead atoms. The van der Waals surface area contributed by atoms with Crippen molar-refractivity contribution in [1.82, 2.24) is 24.7 Å². The Hall–Kier alpha value is -2.16. The van der Waals surface area contributed by atoms with E-state index >= 15 is 0 Å². The number of nitrogens with zero attached hydrogens (tertiary/aromatic N) is 7. The molecule has 0 spiro atoms. The molecule has 140 valence electrons. The van der Waals surface area contributed by atoms with Crippen LogP contribution >= 0.6 is 11.3 Å². The third kappa shape index (κ3) is 3.15. The normalized spacial score (nSPS) is 18.7. The van der Waals surface area contributed by atoms with Gasteiger partial charge in [-0.15, -0.1) is 5.10 Å². The minimum absolute atomic E-state index is 0.0336. The van der Waals surface area contributed by atoms with E-state index in [1.807, 2.05) is 29.7 Å². The van der Waals surface area contributed by atoms with Gasteiger partial charge in [-0.2, -0.15) is 4.98 Å². The number of hydrogen-bond donors (Lipinski definition) is 0. The molecule has 0 amide bonds. The zero-order chi connectivity index (χ0) is 18.5. The molecule has 0 N–H and O–H groups in total. The average Bonchev–Trinajstić information content (AvgIpc) is 3.28. The molecule has 4 heterocycles. The lowest BCUT2D eigenvalue weighted by atomic mass is 9.93. The maximum atomic E-state index is 5.48. The predicted molar refractivity (Wildman–Crippen MR) is 102 cm³/mol. The van der Waals surface area contributed by atoms with Gasteiger partial charge in [0.25, 0.3) is 5.95 Å². The van der Waals surface area contributed by atoms with Gasteiger partial charge in [0.05, 0.1) is 17.8 Å². The van der Waals surface area contributed by atoms with Crippen LogP contribution in [0, 0.1) is 0 Å². The molecular formula is C17H25N7OS. The predicted octanol–water partition coefficient (Wildman–Crippen LogP) is 2.92. The SMILES string of the molecule is CN(C)c1noc(C2CCCN(c3nn4cc(C(C)(C)C)nc4s3)C2)n1. The quantitative estimate of drug-likeness (QED) is 0.696. The Kier molecular flexibility index (Phi) is 4.13. The maximum absolute atomic E-state index is 5.48. The monoisotopic (exact) mass is 375 g/mol. The fourth-order valence-electron chi connectivity index (χ4n) is 3.11. The Bertz CT molecular complexity index is 872. The summed E-state index contributed by atoms with van der Waals surface area (Å²) in [6.45, 7) is 8.34. The Morgan fingerprint density at radius 2 is 2.08 bits per heavy atom. The van der Waals surface area contributed by atoms with Crippen molar-refractivity contribution < 1.29 is 4.52 Å². The zero-order valence-electron chi connectivity index (χ0n) is 15.9. The van der Waals surface area contributed by atoms with E-state index in [1.165, 1.54) is 0 Å². The molecule has 8 nitrogen and oxygen atoms in total. The summed E-state index contributed by atoms with van der Waals surface area (Å²) in [6, 6.07) is 0. The van der Waals surface area contributed by atoms with E-state index in [1.54, 1.807) is 11.3 Å². The lowest BCUT2D eigenvalue weighted by molar-refractivity contribution is 0.333. The number of anilines is 2. The third-order valence-corrected chi connectivity index (χ3v) is 5.66. The van der Waals surface area contributed by atoms with Crippen molar-refractivity contribution in [2.45, 2.75) is 44.9 Å². The van der Waals surface area contributed by atoms with Crippen LogP contribution in [0.1, 0.15) is 51.1 Å². The highest BCUT2D eigenvalue weighted by atomic mass is 32.1. The number of imidazole rings is 1. The second-order valence-corrected chi connectivity index (χ2v) is 9.03. The molecule has 1 atom stereocenters. The van der Waals surface area contributed by atoms with Crippen molar-refractivity contribution in [3.8, 4) is 0 Å². The molecular weight excluding hydrogens is 350 g/mol. The standard InChI is InChI=1S/C17H25N7OS/c1-17(2,3)12-10-24-15(18-12)26-16(20-24)23-8-6-7-11(9-23)13-19-14(21-25-13)22(4)5/h10-11H,6-9H2,1-5H3. The van der Waals surface area contributed by atoms with Crippen LogP contribution in [0.15, 0.2) is 10.7 Å². The summed E-state index contributed by atoms with van der Waals surface area (Å²) in [5, 5.41) is 9.80. The van der Waals surface area contributed by atoms with Crippen molar-refractivity contribution in [1.29, 1.82) is 0 Å². The van der Waals surface area contributed by atoms with E-state index in [2.05, 4.69) is 35.8 Å². The molecule has 0 aliphatic carbocycles. The summed E-state index contributed by atoms with van der Waals surface area (Å²) in [5.74, 6) is 1.58. The van der Waals surface area contributed by atoms with Gasteiger partial charge in [-0.25, -0.2) is 9.50 Å². The summed E-state index contributed by atoms with van der Waals surface area (Å²) in [7, 11) is 3.83. The van der Waals surface area contributed by atoms with Crippen LogP contribution in [0.25, 0.3) is 4.96 Å². The van der Waals surface area contributed by atoms with Gasteiger partial charge >= 0.3 is 0 Å². The van der Waals surface area contributed by atoms with Gasteiger partial charge in [0, 0.05) is 32.6 Å². The largest absolute Gasteiger partial charge is 0.346 e. The number of rotatable bonds is 3. The highest BCUT2D eigenvalue weighted by molar-refractivity contribution is 7.20. The summed E-state index contributed by atoms with van der Waals surface area (Å²) < 4.78 is 7.39. The molecule has 1 fully saturated rings. The first kappa shape index (κ1) is 17.3. The minimum Gasteiger partial charge on any atom is -0.346 e. The first-order valence-corrected chi connectivity index (χ1v) is 9.75. The zero-order valence-corrected chi connectivity index (χ0v) is 16.7. The first-order chi connectivity index (χ1) is 12.3. The lowest BCUT2D eigenvalue weighted by Crippen LogP contribution is -2.34. The summed E-state index contributed by atoms with van der Waals surface area (Å²) in [4.78, 5) is 14.4. The minimum atomic E-state index is 0.0336. The molecule has 9 heteroatoms. The number of aromatic nitrogens is 5. The Morgan fingerprint density at radius 1 is 1.27 bits per heavy atom. The van der Waals surface area contributed by atoms with Gasteiger partial charge in [-0.3, -0.25) is 0 Å². The van der Waals surface area contributed by atoms with Crippen molar-refractivity contribution >= 4 is 27.4 Å². The molecule has 1 aliphatic heterocycles. The molecule has 0 saturated carbocycles. The highest BCUT2D eigenvalue weighted by Crippen LogP contribution is 2.33. The van der Waals surface area contributed by atoms with Gasteiger partial charge in [0.1, 0.15) is 0 Å². The molecule has 1 aliphatic rings. The smallest absolute Gasteiger partial charge is 0.265 e. The molecule has 26 heavy (non-hydrogen) atoms. The van der Waals surface area contributed by atoms with Crippen LogP contribution in [0.3, 0.4) is 0 Å². The summed E-state index contributed by atoms with van der Waals surface area (Å²) in [5.41, 5.74) is 1.10. The molecule has 1 unspecified atom stereocenters. The van der Waals surface area contributed by atoms with Crippen LogP contribution in [-0.4, -0.2) is 51.9 Å². The molecule has 4 rings (SSSR count). The number of fused-ring (bicyclic) bond motifs is 1. The van der Waals surface area contributed by atoms with Gasteiger partial charge in [0.2, 0.25) is 16.0 Å². The number of piperidine rings is 1. The molecule has 1 saturated heterocycles. The van der Waals surface area contributed by atoms with E-state index in [4.69, 9.17) is 14.6 Å². The van der Waals surface area contributed by atoms with E-state index in [-0.39, 0.29) is 11.3 Å². The van der Waals surface area contributed by atoms with E-state index in [0.29, 0.717) is 5.95 Å². The molecule has 0 aromatic carbocycles. The topological polar surface area (TPSA) is 75.6 Å². The molecule has 3 aromatic rings. The van der Waals surface area contributed by atoms with Gasteiger partial charge in [-0.05, 0) is 18.0 Å². The van der Waals surface area contributed by atoms with Crippen LogP contribution < -0.4 is 9.80 Å².